The summed E-state index contributed by atoms with van der Waals surface area (Å²) in [6, 6.07) is 3.42. The highest BCUT2D eigenvalue weighted by Crippen LogP contribution is 2.16. The molecule has 106 valence electrons. The maximum absolute atomic E-state index is 12.2. The number of rotatable bonds is 6. The molecule has 1 aromatic rings. The van der Waals surface area contributed by atoms with Crippen molar-refractivity contribution >= 4 is 23.3 Å². The van der Waals surface area contributed by atoms with E-state index >= 15 is 0 Å². The first kappa shape index (κ1) is 15.8. The van der Waals surface area contributed by atoms with Gasteiger partial charge in [-0.1, -0.05) is 38.3 Å². The van der Waals surface area contributed by atoms with Crippen LogP contribution in [0, 0.1) is 5.92 Å². The number of hydrogen-bond donors (Lipinski definition) is 2. The van der Waals surface area contributed by atoms with Gasteiger partial charge in [-0.05, 0) is 25.0 Å². The molecule has 0 radical (unpaired) electrons. The Morgan fingerprint density at radius 2 is 2.00 bits per heavy atom. The predicted molar refractivity (Wildman–Crippen MR) is 79.8 cm³/mol. The zero-order chi connectivity index (χ0) is 14.4. The van der Waals surface area contributed by atoms with Gasteiger partial charge in [0.2, 0.25) is 0 Å². The number of halogens is 1. The normalized spacial score (nSPS) is 12.3. The number of anilines is 1. The minimum absolute atomic E-state index is 0.111. The molecule has 1 rings (SSSR count). The maximum Gasteiger partial charge on any atom is 0.251 e. The number of carbonyl (C=O) groups is 1. The second-order valence-electron chi connectivity index (χ2n) is 4.65. The van der Waals surface area contributed by atoms with Crippen LogP contribution in [-0.4, -0.2) is 24.0 Å². The molecule has 4 nitrogen and oxygen atoms in total. The van der Waals surface area contributed by atoms with Crippen molar-refractivity contribution in [2.24, 2.45) is 5.92 Å². The first-order valence-electron chi connectivity index (χ1n) is 6.68. The summed E-state index contributed by atoms with van der Waals surface area (Å²) in [4.78, 5) is 16.2. The molecule has 2 N–H and O–H groups in total. The molecule has 0 bridgehead atoms. The number of aromatic nitrogens is 1. The Bertz CT molecular complexity index is 433. The summed E-state index contributed by atoms with van der Waals surface area (Å²) in [6.07, 6.45) is 2.10. The summed E-state index contributed by atoms with van der Waals surface area (Å²) in [5.74, 6) is 0.970. The summed E-state index contributed by atoms with van der Waals surface area (Å²) >= 11 is 5.90. The summed E-state index contributed by atoms with van der Waals surface area (Å²) in [5.41, 5.74) is 0.530. The minimum atomic E-state index is -0.111. The van der Waals surface area contributed by atoms with Gasteiger partial charge in [0.25, 0.3) is 5.91 Å². The van der Waals surface area contributed by atoms with Crippen LogP contribution in [0.4, 0.5) is 5.82 Å². The van der Waals surface area contributed by atoms with E-state index in [1.165, 1.54) is 0 Å². The maximum atomic E-state index is 12.2. The van der Waals surface area contributed by atoms with Crippen LogP contribution in [0.25, 0.3) is 0 Å². The van der Waals surface area contributed by atoms with Crippen LogP contribution >= 0.6 is 11.6 Å². The SMILES string of the molecule is CCC(CC)C(C)NC(=O)c1cc(Cl)nc(NC)c1. The van der Waals surface area contributed by atoms with Gasteiger partial charge in [-0.25, -0.2) is 4.98 Å². The highest BCUT2D eigenvalue weighted by atomic mass is 35.5. The van der Waals surface area contributed by atoms with Gasteiger partial charge in [-0.3, -0.25) is 4.79 Å². The van der Waals surface area contributed by atoms with Crippen molar-refractivity contribution in [1.82, 2.24) is 10.3 Å². The van der Waals surface area contributed by atoms with Crippen LogP contribution in [0.1, 0.15) is 44.0 Å². The summed E-state index contributed by atoms with van der Waals surface area (Å²) in [7, 11) is 1.74. The second kappa shape index (κ2) is 7.34. The van der Waals surface area contributed by atoms with E-state index in [1.54, 1.807) is 19.2 Å². The fourth-order valence-electron chi connectivity index (χ4n) is 2.16. The van der Waals surface area contributed by atoms with Crippen LogP contribution < -0.4 is 10.6 Å². The molecule has 0 aliphatic rings. The van der Waals surface area contributed by atoms with E-state index in [4.69, 9.17) is 11.6 Å². The third-order valence-electron chi connectivity index (χ3n) is 3.43. The van der Waals surface area contributed by atoms with E-state index in [0.29, 0.717) is 22.5 Å². The van der Waals surface area contributed by atoms with Gasteiger partial charge in [0.05, 0.1) is 0 Å². The molecule has 0 saturated carbocycles. The number of carbonyl (C=O) groups excluding carboxylic acids is 1. The molecule has 0 aliphatic heterocycles. The first-order valence-corrected chi connectivity index (χ1v) is 7.05. The summed E-state index contributed by atoms with van der Waals surface area (Å²) in [6.45, 7) is 6.32. The standard InChI is InChI=1S/C14H22ClN3O/c1-5-10(6-2)9(3)17-14(19)11-7-12(15)18-13(8-11)16-4/h7-10H,5-6H2,1-4H3,(H,16,18)(H,17,19). The number of nitrogens with zero attached hydrogens (tertiary/aromatic N) is 1. The van der Waals surface area contributed by atoms with E-state index < -0.39 is 0 Å². The molecule has 19 heavy (non-hydrogen) atoms. The number of pyridine rings is 1. The Labute approximate surface area is 120 Å². The summed E-state index contributed by atoms with van der Waals surface area (Å²) < 4.78 is 0. The van der Waals surface area contributed by atoms with Crippen LogP contribution in [0.5, 0.6) is 0 Å². The lowest BCUT2D eigenvalue weighted by atomic mass is 9.95. The zero-order valence-electron chi connectivity index (χ0n) is 12.0. The number of amides is 1. The Morgan fingerprint density at radius 3 is 2.53 bits per heavy atom. The Balaban J connectivity index is 2.80. The average Bonchev–Trinajstić information content (AvgIpc) is 2.39. The Morgan fingerprint density at radius 1 is 1.37 bits per heavy atom. The first-order chi connectivity index (χ1) is 9.01. The Hall–Kier alpha value is -1.29. The predicted octanol–water partition coefficient (Wildman–Crippen LogP) is 3.33. The van der Waals surface area contributed by atoms with Crippen LogP contribution in [0.3, 0.4) is 0 Å². The number of hydrogen-bond acceptors (Lipinski definition) is 3. The lowest BCUT2D eigenvalue weighted by Gasteiger charge is -2.22. The molecule has 1 unspecified atom stereocenters. The monoisotopic (exact) mass is 283 g/mol. The highest BCUT2D eigenvalue weighted by Gasteiger charge is 2.17. The molecule has 1 amide bonds. The van der Waals surface area contributed by atoms with E-state index in [2.05, 4.69) is 29.5 Å². The molecule has 0 aliphatic carbocycles. The van der Waals surface area contributed by atoms with Crippen molar-refractivity contribution in [2.45, 2.75) is 39.7 Å². The van der Waals surface area contributed by atoms with Crippen LogP contribution in [0.15, 0.2) is 12.1 Å². The third kappa shape index (κ3) is 4.39. The van der Waals surface area contributed by atoms with Gasteiger partial charge in [-0.15, -0.1) is 0 Å². The van der Waals surface area contributed by atoms with Crippen molar-refractivity contribution in [3.8, 4) is 0 Å². The molecular weight excluding hydrogens is 262 g/mol. The molecule has 1 atom stereocenters. The molecule has 0 fully saturated rings. The lowest BCUT2D eigenvalue weighted by molar-refractivity contribution is 0.0925. The smallest absolute Gasteiger partial charge is 0.251 e. The molecule has 1 heterocycles. The highest BCUT2D eigenvalue weighted by molar-refractivity contribution is 6.29. The minimum Gasteiger partial charge on any atom is -0.373 e. The van der Waals surface area contributed by atoms with E-state index in [9.17, 15) is 4.79 Å². The molecule has 0 spiro atoms. The molecular formula is C14H22ClN3O. The molecule has 5 heteroatoms. The fourth-order valence-corrected chi connectivity index (χ4v) is 2.37. The second-order valence-corrected chi connectivity index (χ2v) is 5.04. The van der Waals surface area contributed by atoms with Crippen molar-refractivity contribution in [3.63, 3.8) is 0 Å². The van der Waals surface area contributed by atoms with E-state index in [1.807, 2.05) is 6.92 Å². The molecule has 1 aromatic heterocycles. The van der Waals surface area contributed by atoms with Gasteiger partial charge in [0, 0.05) is 18.7 Å². The molecule has 0 saturated heterocycles. The van der Waals surface area contributed by atoms with Crippen LogP contribution in [-0.2, 0) is 0 Å². The van der Waals surface area contributed by atoms with Gasteiger partial charge in [0.15, 0.2) is 0 Å². The van der Waals surface area contributed by atoms with E-state index in [-0.39, 0.29) is 11.9 Å². The molecule has 0 aromatic carbocycles. The Kier molecular flexibility index (Phi) is 6.09. The van der Waals surface area contributed by atoms with E-state index in [0.717, 1.165) is 12.8 Å². The van der Waals surface area contributed by atoms with Crippen molar-refractivity contribution in [1.29, 1.82) is 0 Å². The average molecular weight is 284 g/mol. The fraction of sp³-hybridized carbons (Fsp3) is 0.571. The lowest BCUT2D eigenvalue weighted by Crippen LogP contribution is -2.37. The topological polar surface area (TPSA) is 54.0 Å². The zero-order valence-corrected chi connectivity index (χ0v) is 12.7. The van der Waals surface area contributed by atoms with Crippen molar-refractivity contribution in [2.75, 3.05) is 12.4 Å². The van der Waals surface area contributed by atoms with Crippen molar-refractivity contribution in [3.05, 3.63) is 22.8 Å². The van der Waals surface area contributed by atoms with Gasteiger partial charge in [0.1, 0.15) is 11.0 Å². The third-order valence-corrected chi connectivity index (χ3v) is 3.62. The van der Waals surface area contributed by atoms with Crippen LogP contribution in [0.2, 0.25) is 5.15 Å². The summed E-state index contributed by atoms with van der Waals surface area (Å²) in [5, 5.41) is 6.22. The van der Waals surface area contributed by atoms with Crippen molar-refractivity contribution < 1.29 is 4.79 Å². The van der Waals surface area contributed by atoms with Gasteiger partial charge >= 0.3 is 0 Å². The quantitative estimate of drug-likeness (QED) is 0.788. The largest absolute Gasteiger partial charge is 0.373 e. The van der Waals surface area contributed by atoms with Gasteiger partial charge in [-0.2, -0.15) is 0 Å². The number of nitrogens with one attached hydrogen (secondary N) is 2. The van der Waals surface area contributed by atoms with Gasteiger partial charge < -0.3 is 10.6 Å².